The van der Waals surface area contributed by atoms with E-state index in [4.69, 9.17) is 5.11 Å². The second-order valence-electron chi connectivity index (χ2n) is 3.28. The average Bonchev–Trinajstić information content (AvgIpc) is 2.25. The van der Waals surface area contributed by atoms with Crippen LogP contribution in [-0.2, 0) is 11.3 Å². The molecule has 1 aromatic rings. The SMILES string of the molecule is CCC(=CCn1cc(F)c(=O)[nH]c1=O)C(=O)O. The van der Waals surface area contributed by atoms with Gasteiger partial charge in [0, 0.05) is 12.1 Å². The lowest BCUT2D eigenvalue weighted by atomic mass is 10.2. The third-order valence-electron chi connectivity index (χ3n) is 2.16. The molecule has 0 fully saturated rings. The van der Waals surface area contributed by atoms with Crippen LogP contribution in [0, 0.1) is 5.82 Å². The number of aromatic amines is 1. The molecule has 92 valence electrons. The zero-order valence-electron chi connectivity index (χ0n) is 9.07. The van der Waals surface area contributed by atoms with E-state index in [1.54, 1.807) is 11.9 Å². The number of rotatable bonds is 4. The van der Waals surface area contributed by atoms with Gasteiger partial charge in [0.05, 0.1) is 6.20 Å². The van der Waals surface area contributed by atoms with Crippen LogP contribution in [0.1, 0.15) is 13.3 Å². The molecule has 0 amide bonds. The largest absolute Gasteiger partial charge is 0.478 e. The van der Waals surface area contributed by atoms with Crippen molar-refractivity contribution in [2.24, 2.45) is 0 Å². The number of carbonyl (C=O) groups is 1. The van der Waals surface area contributed by atoms with E-state index >= 15 is 0 Å². The molecule has 0 bridgehead atoms. The minimum Gasteiger partial charge on any atom is -0.478 e. The molecule has 0 aliphatic rings. The number of allylic oxidation sites excluding steroid dienone is 1. The smallest absolute Gasteiger partial charge is 0.331 e. The van der Waals surface area contributed by atoms with E-state index in [1.807, 2.05) is 0 Å². The van der Waals surface area contributed by atoms with Gasteiger partial charge in [0.25, 0.3) is 5.56 Å². The number of carboxylic acids is 1. The summed E-state index contributed by atoms with van der Waals surface area (Å²) in [7, 11) is 0. The number of hydrogen-bond donors (Lipinski definition) is 2. The van der Waals surface area contributed by atoms with Gasteiger partial charge in [-0.25, -0.2) is 9.59 Å². The predicted octanol–water partition coefficient (Wildman–Crippen LogP) is 0.0967. The molecule has 0 aromatic carbocycles. The highest BCUT2D eigenvalue weighted by molar-refractivity contribution is 5.86. The van der Waals surface area contributed by atoms with Crippen LogP contribution in [0.15, 0.2) is 27.4 Å². The Hall–Kier alpha value is -2.18. The summed E-state index contributed by atoms with van der Waals surface area (Å²) >= 11 is 0. The van der Waals surface area contributed by atoms with Gasteiger partial charge in [-0.3, -0.25) is 14.3 Å². The van der Waals surface area contributed by atoms with Gasteiger partial charge in [0.1, 0.15) is 0 Å². The van der Waals surface area contributed by atoms with Gasteiger partial charge in [-0.2, -0.15) is 4.39 Å². The summed E-state index contributed by atoms with van der Waals surface area (Å²) in [6.45, 7) is 1.54. The van der Waals surface area contributed by atoms with Crippen molar-refractivity contribution in [3.05, 3.63) is 44.5 Å². The van der Waals surface area contributed by atoms with Crippen LogP contribution in [0.2, 0.25) is 0 Å². The van der Waals surface area contributed by atoms with Crippen LogP contribution in [0.4, 0.5) is 4.39 Å². The van der Waals surface area contributed by atoms with Gasteiger partial charge in [0.15, 0.2) is 0 Å². The number of aliphatic carboxylic acids is 1. The van der Waals surface area contributed by atoms with Crippen LogP contribution < -0.4 is 11.2 Å². The van der Waals surface area contributed by atoms with Crippen LogP contribution in [0.5, 0.6) is 0 Å². The minimum atomic E-state index is -1.09. The lowest BCUT2D eigenvalue weighted by molar-refractivity contribution is -0.132. The molecule has 6 nitrogen and oxygen atoms in total. The zero-order valence-corrected chi connectivity index (χ0v) is 9.07. The van der Waals surface area contributed by atoms with Crippen molar-refractivity contribution in [1.82, 2.24) is 9.55 Å². The Morgan fingerprint density at radius 1 is 1.59 bits per heavy atom. The van der Waals surface area contributed by atoms with Gasteiger partial charge >= 0.3 is 11.7 Å². The first-order chi connectivity index (χ1) is 7.95. The van der Waals surface area contributed by atoms with Gasteiger partial charge < -0.3 is 5.11 Å². The number of nitrogens with one attached hydrogen (secondary N) is 1. The standard InChI is InChI=1S/C10H11FN2O4/c1-2-6(9(15)16)3-4-13-5-7(11)8(14)12-10(13)17/h3,5H,2,4H2,1H3,(H,15,16)(H,12,14,17). The van der Waals surface area contributed by atoms with Crippen molar-refractivity contribution < 1.29 is 14.3 Å². The number of halogens is 1. The number of hydrogen-bond acceptors (Lipinski definition) is 3. The Morgan fingerprint density at radius 2 is 2.24 bits per heavy atom. The first kappa shape index (κ1) is 12.9. The van der Waals surface area contributed by atoms with E-state index in [-0.39, 0.29) is 18.5 Å². The summed E-state index contributed by atoms with van der Waals surface area (Å²) < 4.78 is 13.8. The zero-order chi connectivity index (χ0) is 13.0. The molecule has 7 heteroatoms. The highest BCUT2D eigenvalue weighted by Crippen LogP contribution is 2.00. The molecule has 0 radical (unpaired) electrons. The molecule has 0 saturated heterocycles. The second kappa shape index (κ2) is 5.24. The molecule has 17 heavy (non-hydrogen) atoms. The van der Waals surface area contributed by atoms with Crippen LogP contribution in [0.25, 0.3) is 0 Å². The first-order valence-electron chi connectivity index (χ1n) is 4.87. The van der Waals surface area contributed by atoms with E-state index in [0.717, 1.165) is 10.8 Å². The molecular formula is C10H11FN2O4. The number of H-pyrrole nitrogens is 1. The fourth-order valence-corrected chi connectivity index (χ4v) is 1.21. The van der Waals surface area contributed by atoms with Crippen molar-refractivity contribution in [3.63, 3.8) is 0 Å². The summed E-state index contributed by atoms with van der Waals surface area (Å²) in [4.78, 5) is 34.4. The molecule has 0 spiro atoms. The molecule has 1 aromatic heterocycles. The Morgan fingerprint density at radius 3 is 2.76 bits per heavy atom. The molecule has 1 rings (SSSR count). The summed E-state index contributed by atoms with van der Waals surface area (Å²) in [5.41, 5.74) is -1.76. The normalized spacial score (nSPS) is 11.5. The number of carboxylic acid groups (broad SMARTS) is 1. The maximum atomic E-state index is 12.9. The molecule has 0 aliphatic carbocycles. The maximum Gasteiger partial charge on any atom is 0.331 e. The monoisotopic (exact) mass is 242 g/mol. The fourth-order valence-electron chi connectivity index (χ4n) is 1.21. The third kappa shape index (κ3) is 3.13. The fraction of sp³-hybridized carbons (Fsp3) is 0.300. The minimum absolute atomic E-state index is 0.109. The molecule has 0 aliphatic heterocycles. The highest BCUT2D eigenvalue weighted by atomic mass is 19.1. The van der Waals surface area contributed by atoms with Gasteiger partial charge in [-0.15, -0.1) is 0 Å². The Kier molecular flexibility index (Phi) is 3.97. The molecule has 0 atom stereocenters. The van der Waals surface area contributed by atoms with Gasteiger partial charge in [-0.05, 0) is 6.42 Å². The predicted molar refractivity (Wildman–Crippen MR) is 57.3 cm³/mol. The summed E-state index contributed by atoms with van der Waals surface area (Å²) in [5, 5.41) is 8.73. The quantitative estimate of drug-likeness (QED) is 0.732. The Bertz CT molecular complexity index is 570. The molecule has 1 heterocycles. The van der Waals surface area contributed by atoms with E-state index < -0.39 is 23.0 Å². The molecule has 0 saturated carbocycles. The van der Waals surface area contributed by atoms with E-state index in [9.17, 15) is 18.8 Å². The van der Waals surface area contributed by atoms with Crippen LogP contribution >= 0.6 is 0 Å². The van der Waals surface area contributed by atoms with E-state index in [1.165, 1.54) is 6.08 Å². The van der Waals surface area contributed by atoms with Crippen LogP contribution in [0.3, 0.4) is 0 Å². The van der Waals surface area contributed by atoms with E-state index in [0.29, 0.717) is 0 Å². The summed E-state index contributed by atoms with van der Waals surface area (Å²) in [6, 6.07) is 0. The van der Waals surface area contributed by atoms with Crippen molar-refractivity contribution in [2.45, 2.75) is 19.9 Å². The summed E-state index contributed by atoms with van der Waals surface area (Å²) in [5.74, 6) is -2.18. The van der Waals surface area contributed by atoms with Crippen molar-refractivity contribution in [2.75, 3.05) is 0 Å². The van der Waals surface area contributed by atoms with Gasteiger partial charge in [-0.1, -0.05) is 13.0 Å². The Balaban J connectivity index is 3.05. The van der Waals surface area contributed by atoms with Crippen molar-refractivity contribution in [3.8, 4) is 0 Å². The maximum absolute atomic E-state index is 12.9. The van der Waals surface area contributed by atoms with E-state index in [2.05, 4.69) is 0 Å². The number of nitrogens with zero attached hydrogens (tertiary/aromatic N) is 1. The topological polar surface area (TPSA) is 92.2 Å². The number of aromatic nitrogens is 2. The van der Waals surface area contributed by atoms with Crippen molar-refractivity contribution in [1.29, 1.82) is 0 Å². The molecular weight excluding hydrogens is 231 g/mol. The average molecular weight is 242 g/mol. The van der Waals surface area contributed by atoms with Crippen molar-refractivity contribution >= 4 is 5.97 Å². The highest BCUT2D eigenvalue weighted by Gasteiger charge is 2.05. The molecule has 0 unspecified atom stereocenters. The lowest BCUT2D eigenvalue weighted by Gasteiger charge is -2.02. The first-order valence-corrected chi connectivity index (χ1v) is 4.87. The molecule has 2 N–H and O–H groups in total. The Labute approximate surface area is 95.0 Å². The summed E-state index contributed by atoms with van der Waals surface area (Å²) in [6.07, 6.45) is 2.32. The third-order valence-corrected chi connectivity index (χ3v) is 2.16. The van der Waals surface area contributed by atoms with Gasteiger partial charge in [0.2, 0.25) is 5.82 Å². The second-order valence-corrected chi connectivity index (χ2v) is 3.28. The lowest BCUT2D eigenvalue weighted by Crippen LogP contribution is -2.31. The van der Waals surface area contributed by atoms with Crippen LogP contribution in [-0.4, -0.2) is 20.6 Å².